The minimum Gasteiger partial charge on any atom is -0.311 e. The van der Waals surface area contributed by atoms with Gasteiger partial charge in [0.05, 0.1) is 0 Å². The van der Waals surface area contributed by atoms with Crippen LogP contribution < -0.4 is 5.32 Å². The minimum absolute atomic E-state index is 0.109. The standard InChI is InChI=1S/C9H8BrF3N2O/c1-2-7(16)14-6-4-3-5(10)8(15-6)9(11,12)13/h3-4H,2H2,1H3,(H,14,15,16). The molecule has 0 atom stereocenters. The summed E-state index contributed by atoms with van der Waals surface area (Å²) in [4.78, 5) is 14.3. The van der Waals surface area contributed by atoms with Gasteiger partial charge < -0.3 is 5.32 Å². The van der Waals surface area contributed by atoms with Gasteiger partial charge in [-0.15, -0.1) is 0 Å². The molecule has 0 aliphatic heterocycles. The average Bonchev–Trinajstić information content (AvgIpc) is 2.19. The Bertz CT molecular complexity index is 406. The second-order valence-corrected chi connectivity index (χ2v) is 3.78. The van der Waals surface area contributed by atoms with Gasteiger partial charge in [0.1, 0.15) is 5.82 Å². The molecule has 0 spiro atoms. The largest absolute Gasteiger partial charge is 0.434 e. The van der Waals surface area contributed by atoms with Crippen LogP contribution in [0.5, 0.6) is 0 Å². The van der Waals surface area contributed by atoms with E-state index in [4.69, 9.17) is 0 Å². The van der Waals surface area contributed by atoms with Crippen molar-refractivity contribution in [3.8, 4) is 0 Å². The first-order chi connectivity index (χ1) is 7.34. The number of carbonyl (C=O) groups excluding carboxylic acids is 1. The van der Waals surface area contributed by atoms with E-state index in [0.29, 0.717) is 0 Å². The molecule has 0 saturated carbocycles. The number of alkyl halides is 3. The molecular formula is C9H8BrF3N2O. The Morgan fingerprint density at radius 1 is 1.50 bits per heavy atom. The third-order valence-corrected chi connectivity index (χ3v) is 2.34. The molecule has 1 rings (SSSR count). The van der Waals surface area contributed by atoms with Crippen LogP contribution in [0, 0.1) is 0 Å². The summed E-state index contributed by atoms with van der Waals surface area (Å²) in [5.74, 6) is -0.495. The van der Waals surface area contributed by atoms with E-state index in [2.05, 4.69) is 26.2 Å². The first-order valence-electron chi connectivity index (χ1n) is 4.38. The molecule has 1 N–H and O–H groups in total. The van der Waals surface area contributed by atoms with Crippen LogP contribution >= 0.6 is 15.9 Å². The van der Waals surface area contributed by atoms with E-state index in [1.165, 1.54) is 12.1 Å². The van der Waals surface area contributed by atoms with Crippen molar-refractivity contribution in [2.24, 2.45) is 0 Å². The summed E-state index contributed by atoms with van der Waals surface area (Å²) in [6.07, 6.45) is -4.37. The van der Waals surface area contributed by atoms with Gasteiger partial charge in [0.25, 0.3) is 0 Å². The van der Waals surface area contributed by atoms with Gasteiger partial charge in [0, 0.05) is 10.9 Å². The number of nitrogens with one attached hydrogen (secondary N) is 1. The van der Waals surface area contributed by atoms with Crippen LogP contribution in [-0.4, -0.2) is 10.9 Å². The Labute approximate surface area is 98.2 Å². The number of nitrogens with zero attached hydrogens (tertiary/aromatic N) is 1. The van der Waals surface area contributed by atoms with Crippen molar-refractivity contribution < 1.29 is 18.0 Å². The normalized spacial score (nSPS) is 11.3. The van der Waals surface area contributed by atoms with E-state index in [9.17, 15) is 18.0 Å². The van der Waals surface area contributed by atoms with E-state index in [1.54, 1.807) is 6.92 Å². The van der Waals surface area contributed by atoms with Gasteiger partial charge in [-0.05, 0) is 28.1 Å². The van der Waals surface area contributed by atoms with Crippen molar-refractivity contribution in [3.05, 3.63) is 22.3 Å². The van der Waals surface area contributed by atoms with Crippen molar-refractivity contribution in [2.75, 3.05) is 5.32 Å². The molecule has 0 saturated heterocycles. The topological polar surface area (TPSA) is 42.0 Å². The first-order valence-corrected chi connectivity index (χ1v) is 5.17. The molecule has 88 valence electrons. The van der Waals surface area contributed by atoms with Crippen LogP contribution in [0.3, 0.4) is 0 Å². The van der Waals surface area contributed by atoms with Crippen LogP contribution in [0.2, 0.25) is 0 Å². The molecule has 0 aliphatic rings. The number of hydrogen-bond acceptors (Lipinski definition) is 2. The SMILES string of the molecule is CCC(=O)Nc1ccc(Br)c(C(F)(F)F)n1. The van der Waals surface area contributed by atoms with E-state index in [0.717, 1.165) is 0 Å². The highest BCUT2D eigenvalue weighted by Gasteiger charge is 2.35. The fourth-order valence-electron chi connectivity index (χ4n) is 0.942. The molecule has 1 aromatic rings. The molecule has 0 fully saturated rings. The molecule has 3 nitrogen and oxygen atoms in total. The molecular weight excluding hydrogens is 289 g/mol. The predicted octanol–water partition coefficient (Wildman–Crippen LogP) is 3.21. The van der Waals surface area contributed by atoms with Crippen LogP contribution in [-0.2, 0) is 11.0 Å². The molecule has 0 aromatic carbocycles. The van der Waals surface area contributed by atoms with E-state index in [-0.39, 0.29) is 22.6 Å². The minimum atomic E-state index is -4.55. The lowest BCUT2D eigenvalue weighted by Gasteiger charge is -2.10. The van der Waals surface area contributed by atoms with Gasteiger partial charge in [0.15, 0.2) is 5.69 Å². The number of carbonyl (C=O) groups is 1. The molecule has 16 heavy (non-hydrogen) atoms. The highest BCUT2D eigenvalue weighted by Crippen LogP contribution is 2.33. The Hall–Kier alpha value is -1.11. The summed E-state index contributed by atoms with van der Waals surface area (Å²) in [5.41, 5.74) is -1.05. The average molecular weight is 297 g/mol. The van der Waals surface area contributed by atoms with E-state index in [1.807, 2.05) is 0 Å². The summed E-state index contributed by atoms with van der Waals surface area (Å²) < 4.78 is 37.2. The van der Waals surface area contributed by atoms with Gasteiger partial charge >= 0.3 is 6.18 Å². The smallest absolute Gasteiger partial charge is 0.311 e. The lowest BCUT2D eigenvalue weighted by Crippen LogP contribution is -2.14. The van der Waals surface area contributed by atoms with Crippen molar-refractivity contribution in [2.45, 2.75) is 19.5 Å². The maximum atomic E-state index is 12.4. The lowest BCUT2D eigenvalue weighted by atomic mass is 10.3. The molecule has 0 aliphatic carbocycles. The Balaban J connectivity index is 3.03. The number of rotatable bonds is 2. The number of pyridine rings is 1. The van der Waals surface area contributed by atoms with Crippen molar-refractivity contribution in [1.82, 2.24) is 4.98 Å². The summed E-state index contributed by atoms with van der Waals surface area (Å²) in [6.45, 7) is 1.60. The van der Waals surface area contributed by atoms with E-state index < -0.39 is 11.9 Å². The summed E-state index contributed by atoms with van der Waals surface area (Å²) >= 11 is 2.75. The molecule has 1 heterocycles. The van der Waals surface area contributed by atoms with E-state index >= 15 is 0 Å². The van der Waals surface area contributed by atoms with Gasteiger partial charge in [-0.25, -0.2) is 4.98 Å². The second kappa shape index (κ2) is 4.82. The molecule has 0 bridgehead atoms. The molecule has 1 amide bonds. The third-order valence-electron chi connectivity index (χ3n) is 1.70. The highest BCUT2D eigenvalue weighted by atomic mass is 79.9. The monoisotopic (exact) mass is 296 g/mol. The number of aromatic nitrogens is 1. The Morgan fingerprint density at radius 2 is 2.12 bits per heavy atom. The molecule has 0 radical (unpaired) electrons. The fraction of sp³-hybridized carbons (Fsp3) is 0.333. The van der Waals surface area contributed by atoms with Crippen LogP contribution in [0.15, 0.2) is 16.6 Å². The summed E-state index contributed by atoms with van der Waals surface area (Å²) in [5, 5.41) is 2.26. The maximum Gasteiger partial charge on any atom is 0.434 e. The highest BCUT2D eigenvalue weighted by molar-refractivity contribution is 9.10. The number of hydrogen-bond donors (Lipinski definition) is 1. The zero-order valence-electron chi connectivity index (χ0n) is 8.23. The van der Waals surface area contributed by atoms with Crippen molar-refractivity contribution in [3.63, 3.8) is 0 Å². The van der Waals surface area contributed by atoms with Crippen LogP contribution in [0.1, 0.15) is 19.0 Å². The first kappa shape index (κ1) is 13.0. The fourth-order valence-corrected chi connectivity index (χ4v) is 1.39. The van der Waals surface area contributed by atoms with Crippen LogP contribution in [0.4, 0.5) is 19.0 Å². The Kier molecular flexibility index (Phi) is 3.90. The van der Waals surface area contributed by atoms with Gasteiger partial charge in [-0.3, -0.25) is 4.79 Å². The van der Waals surface area contributed by atoms with Crippen molar-refractivity contribution >= 4 is 27.7 Å². The molecule has 7 heteroatoms. The summed E-state index contributed by atoms with van der Waals surface area (Å²) in [6, 6.07) is 2.49. The third kappa shape index (κ3) is 3.19. The number of halogens is 4. The maximum absolute atomic E-state index is 12.4. The lowest BCUT2D eigenvalue weighted by molar-refractivity contribution is -0.141. The number of amides is 1. The van der Waals surface area contributed by atoms with Crippen molar-refractivity contribution in [1.29, 1.82) is 0 Å². The van der Waals surface area contributed by atoms with Gasteiger partial charge in [-0.2, -0.15) is 13.2 Å². The second-order valence-electron chi connectivity index (χ2n) is 2.93. The Morgan fingerprint density at radius 3 is 2.62 bits per heavy atom. The molecule has 0 unspecified atom stereocenters. The number of anilines is 1. The quantitative estimate of drug-likeness (QED) is 0.910. The predicted molar refractivity (Wildman–Crippen MR) is 55.9 cm³/mol. The van der Waals surface area contributed by atoms with Crippen LogP contribution in [0.25, 0.3) is 0 Å². The van der Waals surface area contributed by atoms with Gasteiger partial charge in [0.2, 0.25) is 5.91 Å². The zero-order chi connectivity index (χ0) is 12.3. The zero-order valence-corrected chi connectivity index (χ0v) is 9.82. The summed E-state index contributed by atoms with van der Waals surface area (Å²) in [7, 11) is 0. The molecule has 1 aromatic heterocycles. The van der Waals surface area contributed by atoms with Gasteiger partial charge in [-0.1, -0.05) is 6.92 Å².